The Morgan fingerprint density at radius 3 is 2.31 bits per heavy atom. The predicted octanol–water partition coefficient (Wildman–Crippen LogP) is 2.30. The molecule has 0 aliphatic heterocycles. The van der Waals surface area contributed by atoms with Gasteiger partial charge in [0.05, 0.1) is 0 Å². The largest absolute Gasteiger partial charge is 0.355 e. The summed E-state index contributed by atoms with van der Waals surface area (Å²) in [5, 5.41) is 3.05. The molecule has 3 nitrogen and oxygen atoms in total. The molecule has 0 radical (unpaired) electrons. The van der Waals surface area contributed by atoms with Crippen molar-refractivity contribution in [2.24, 2.45) is 17.1 Å². The normalized spacial score (nSPS) is 11.9. The number of carbonyl (C=O) groups is 1. The molecule has 1 amide bonds. The molecule has 0 saturated heterocycles. The lowest BCUT2D eigenvalue weighted by Crippen LogP contribution is -2.37. The number of carbonyl (C=O) groups excluding carboxylic acids is 1. The third kappa shape index (κ3) is 6.11. The van der Waals surface area contributed by atoms with Crippen LogP contribution in [-0.4, -0.2) is 19.0 Å². The number of rotatable bonds is 8. The van der Waals surface area contributed by atoms with Crippen molar-refractivity contribution in [2.75, 3.05) is 13.1 Å². The summed E-state index contributed by atoms with van der Waals surface area (Å²) in [5.74, 6) is 0.371. The van der Waals surface area contributed by atoms with E-state index in [0.29, 0.717) is 0 Å². The minimum absolute atomic E-state index is 0.154. The molecule has 0 rings (SSSR count). The minimum Gasteiger partial charge on any atom is -0.355 e. The zero-order valence-corrected chi connectivity index (χ0v) is 11.3. The van der Waals surface area contributed by atoms with Gasteiger partial charge in [0.25, 0.3) is 0 Å². The third-order valence-corrected chi connectivity index (χ3v) is 3.16. The molecule has 3 heteroatoms. The van der Waals surface area contributed by atoms with E-state index in [9.17, 15) is 4.79 Å². The van der Waals surface area contributed by atoms with Crippen LogP contribution in [0.25, 0.3) is 0 Å². The Bertz CT molecular complexity index is 198. The highest BCUT2D eigenvalue weighted by atomic mass is 16.1. The molecule has 0 unspecified atom stereocenters. The van der Waals surface area contributed by atoms with Gasteiger partial charge >= 0.3 is 0 Å². The molecule has 96 valence electrons. The van der Waals surface area contributed by atoms with Gasteiger partial charge in [0.1, 0.15) is 0 Å². The highest BCUT2D eigenvalue weighted by molar-refractivity contribution is 5.78. The van der Waals surface area contributed by atoms with E-state index in [1.54, 1.807) is 0 Å². The first-order valence-electron chi connectivity index (χ1n) is 6.44. The molecule has 0 saturated carbocycles. The van der Waals surface area contributed by atoms with Crippen molar-refractivity contribution in [3.05, 3.63) is 0 Å². The van der Waals surface area contributed by atoms with Crippen LogP contribution in [0.15, 0.2) is 0 Å². The SMILES string of the molecule is CCC(CC)C(=O)NCC(C)(C)CCCN. The van der Waals surface area contributed by atoms with Crippen molar-refractivity contribution >= 4 is 5.91 Å². The van der Waals surface area contributed by atoms with E-state index >= 15 is 0 Å². The fourth-order valence-electron chi connectivity index (χ4n) is 1.80. The quantitative estimate of drug-likeness (QED) is 0.670. The fraction of sp³-hybridized carbons (Fsp3) is 0.923. The van der Waals surface area contributed by atoms with Crippen LogP contribution in [0.4, 0.5) is 0 Å². The van der Waals surface area contributed by atoms with Crippen molar-refractivity contribution in [3.63, 3.8) is 0 Å². The minimum atomic E-state index is 0.154. The van der Waals surface area contributed by atoms with Gasteiger partial charge in [-0.05, 0) is 37.6 Å². The molecule has 3 N–H and O–H groups in total. The summed E-state index contributed by atoms with van der Waals surface area (Å²) >= 11 is 0. The molecule has 0 aromatic carbocycles. The first-order chi connectivity index (χ1) is 7.46. The summed E-state index contributed by atoms with van der Waals surface area (Å²) in [6, 6.07) is 0. The Morgan fingerprint density at radius 2 is 1.88 bits per heavy atom. The summed E-state index contributed by atoms with van der Waals surface area (Å²) in [6.07, 6.45) is 3.93. The topological polar surface area (TPSA) is 55.1 Å². The molecule has 0 aromatic rings. The number of hydrogen-bond acceptors (Lipinski definition) is 2. The van der Waals surface area contributed by atoms with E-state index in [1.165, 1.54) is 0 Å². The van der Waals surface area contributed by atoms with Crippen LogP contribution >= 0.6 is 0 Å². The Morgan fingerprint density at radius 1 is 1.31 bits per heavy atom. The van der Waals surface area contributed by atoms with Crippen molar-refractivity contribution < 1.29 is 4.79 Å². The predicted molar refractivity (Wildman–Crippen MR) is 69.2 cm³/mol. The van der Waals surface area contributed by atoms with Crippen LogP contribution in [0.2, 0.25) is 0 Å². The molecular weight excluding hydrogens is 200 g/mol. The summed E-state index contributed by atoms with van der Waals surface area (Å²) < 4.78 is 0. The molecule has 0 aliphatic carbocycles. The first kappa shape index (κ1) is 15.4. The zero-order chi connectivity index (χ0) is 12.6. The molecule has 0 aliphatic rings. The molecule has 0 aromatic heterocycles. The lowest BCUT2D eigenvalue weighted by Gasteiger charge is -2.26. The van der Waals surface area contributed by atoms with E-state index in [1.807, 2.05) is 0 Å². The Labute approximate surface area is 100 Å². The van der Waals surface area contributed by atoms with Crippen molar-refractivity contribution in [3.8, 4) is 0 Å². The van der Waals surface area contributed by atoms with Crippen LogP contribution in [0.3, 0.4) is 0 Å². The fourth-order valence-corrected chi connectivity index (χ4v) is 1.80. The van der Waals surface area contributed by atoms with Gasteiger partial charge < -0.3 is 11.1 Å². The van der Waals surface area contributed by atoms with Crippen LogP contribution < -0.4 is 11.1 Å². The van der Waals surface area contributed by atoms with Crippen LogP contribution in [0, 0.1) is 11.3 Å². The maximum Gasteiger partial charge on any atom is 0.223 e. The highest BCUT2D eigenvalue weighted by Gasteiger charge is 2.20. The molecule has 16 heavy (non-hydrogen) atoms. The first-order valence-corrected chi connectivity index (χ1v) is 6.44. The van der Waals surface area contributed by atoms with Crippen LogP contribution in [-0.2, 0) is 4.79 Å². The second-order valence-electron chi connectivity index (χ2n) is 5.29. The second-order valence-corrected chi connectivity index (χ2v) is 5.29. The monoisotopic (exact) mass is 228 g/mol. The summed E-state index contributed by atoms with van der Waals surface area (Å²) in [6.45, 7) is 9.96. The maximum atomic E-state index is 11.8. The number of amides is 1. The summed E-state index contributed by atoms with van der Waals surface area (Å²) in [7, 11) is 0. The molecule has 0 spiro atoms. The van der Waals surface area contributed by atoms with Gasteiger partial charge in [-0.15, -0.1) is 0 Å². The smallest absolute Gasteiger partial charge is 0.223 e. The standard InChI is InChI=1S/C13H28N2O/c1-5-11(6-2)12(16)15-10-13(3,4)8-7-9-14/h11H,5-10,14H2,1-4H3,(H,15,16). The van der Waals surface area contributed by atoms with Gasteiger partial charge in [-0.1, -0.05) is 27.7 Å². The van der Waals surface area contributed by atoms with Crippen molar-refractivity contribution in [1.82, 2.24) is 5.32 Å². The van der Waals surface area contributed by atoms with Crippen LogP contribution in [0.1, 0.15) is 53.4 Å². The number of nitrogens with one attached hydrogen (secondary N) is 1. The molecule has 0 atom stereocenters. The maximum absolute atomic E-state index is 11.8. The summed E-state index contributed by atoms with van der Waals surface area (Å²) in [4.78, 5) is 11.8. The third-order valence-electron chi connectivity index (χ3n) is 3.16. The van der Waals surface area contributed by atoms with E-state index < -0.39 is 0 Å². The van der Waals surface area contributed by atoms with E-state index in [-0.39, 0.29) is 17.2 Å². The highest BCUT2D eigenvalue weighted by Crippen LogP contribution is 2.21. The van der Waals surface area contributed by atoms with Gasteiger partial charge in [-0.3, -0.25) is 4.79 Å². The van der Waals surface area contributed by atoms with Crippen LogP contribution in [0.5, 0.6) is 0 Å². The lowest BCUT2D eigenvalue weighted by atomic mass is 9.87. The van der Waals surface area contributed by atoms with Gasteiger partial charge in [0.15, 0.2) is 0 Å². The number of hydrogen-bond donors (Lipinski definition) is 2. The lowest BCUT2D eigenvalue weighted by molar-refractivity contribution is -0.125. The molecular formula is C13H28N2O. The molecule has 0 fully saturated rings. The summed E-state index contributed by atoms with van der Waals surface area (Å²) in [5.41, 5.74) is 5.65. The Balaban J connectivity index is 3.97. The van der Waals surface area contributed by atoms with E-state index in [0.717, 1.165) is 38.8 Å². The van der Waals surface area contributed by atoms with Gasteiger partial charge in [-0.2, -0.15) is 0 Å². The van der Waals surface area contributed by atoms with E-state index in [2.05, 4.69) is 33.0 Å². The van der Waals surface area contributed by atoms with Gasteiger partial charge in [-0.25, -0.2) is 0 Å². The average Bonchev–Trinajstić information content (AvgIpc) is 2.25. The van der Waals surface area contributed by atoms with E-state index in [4.69, 9.17) is 5.73 Å². The Hall–Kier alpha value is -0.570. The van der Waals surface area contributed by atoms with Gasteiger partial charge in [0, 0.05) is 12.5 Å². The molecule has 0 bridgehead atoms. The van der Waals surface area contributed by atoms with Crippen molar-refractivity contribution in [1.29, 1.82) is 0 Å². The second kappa shape index (κ2) is 7.66. The number of nitrogens with two attached hydrogens (primary N) is 1. The van der Waals surface area contributed by atoms with Gasteiger partial charge in [0.2, 0.25) is 5.91 Å². The molecule has 0 heterocycles. The van der Waals surface area contributed by atoms with Crippen molar-refractivity contribution in [2.45, 2.75) is 53.4 Å². The average molecular weight is 228 g/mol. The zero-order valence-electron chi connectivity index (χ0n) is 11.3. The Kier molecular flexibility index (Phi) is 7.39.